The molecule has 0 aliphatic rings. The fourth-order valence-corrected chi connectivity index (χ4v) is 2.57. The third-order valence-electron chi connectivity index (χ3n) is 2.46. The molecule has 0 heterocycles. The number of benzene rings is 2. The lowest BCUT2D eigenvalue weighted by atomic mass is 10.1. The Morgan fingerprint density at radius 1 is 1.00 bits per heavy atom. The van der Waals surface area contributed by atoms with Crippen LogP contribution in [0.15, 0.2) is 46.2 Å². The van der Waals surface area contributed by atoms with Crippen LogP contribution in [-0.2, 0) is 0 Å². The van der Waals surface area contributed by atoms with Crippen molar-refractivity contribution in [3.05, 3.63) is 59.4 Å². The molecule has 0 amide bonds. The van der Waals surface area contributed by atoms with Crippen LogP contribution in [0.25, 0.3) is 0 Å². The Morgan fingerprint density at radius 3 is 2.37 bits per heavy atom. The Balaban J connectivity index is 2.42. The van der Waals surface area contributed by atoms with Crippen molar-refractivity contribution in [2.45, 2.75) is 16.7 Å². The standard InChI is InChI=1S/C14H9F3OS/c1-8(18)10-3-2-4-12(16)14(10)19-9-5-6-11(15)13(17)7-9/h2-7H,1H3. The van der Waals surface area contributed by atoms with Gasteiger partial charge in [0.05, 0.1) is 4.90 Å². The molecule has 2 aromatic carbocycles. The summed E-state index contributed by atoms with van der Waals surface area (Å²) in [6, 6.07) is 7.41. The van der Waals surface area contributed by atoms with E-state index in [0.29, 0.717) is 4.90 Å². The highest BCUT2D eigenvalue weighted by Crippen LogP contribution is 2.33. The lowest BCUT2D eigenvalue weighted by Gasteiger charge is -2.08. The third kappa shape index (κ3) is 2.98. The molecule has 0 aliphatic carbocycles. The SMILES string of the molecule is CC(=O)c1cccc(F)c1Sc1ccc(F)c(F)c1. The quantitative estimate of drug-likeness (QED) is 0.773. The maximum atomic E-state index is 13.7. The molecule has 19 heavy (non-hydrogen) atoms. The second-order valence-corrected chi connectivity index (χ2v) is 4.93. The Labute approximate surface area is 112 Å². The van der Waals surface area contributed by atoms with Crippen LogP contribution in [0.3, 0.4) is 0 Å². The van der Waals surface area contributed by atoms with Crippen molar-refractivity contribution in [2.75, 3.05) is 0 Å². The molecular weight excluding hydrogens is 273 g/mol. The number of rotatable bonds is 3. The van der Waals surface area contributed by atoms with Gasteiger partial charge in [0.25, 0.3) is 0 Å². The molecule has 2 rings (SSSR count). The van der Waals surface area contributed by atoms with E-state index in [4.69, 9.17) is 0 Å². The van der Waals surface area contributed by atoms with Gasteiger partial charge in [-0.1, -0.05) is 23.9 Å². The van der Waals surface area contributed by atoms with Crippen LogP contribution in [0.1, 0.15) is 17.3 Å². The molecular formula is C14H9F3OS. The smallest absolute Gasteiger partial charge is 0.161 e. The maximum Gasteiger partial charge on any atom is 0.161 e. The minimum absolute atomic E-state index is 0.112. The molecule has 2 aromatic rings. The largest absolute Gasteiger partial charge is 0.294 e. The van der Waals surface area contributed by atoms with Gasteiger partial charge in [0.2, 0.25) is 0 Å². The lowest BCUT2D eigenvalue weighted by Crippen LogP contribution is -1.97. The van der Waals surface area contributed by atoms with Crippen molar-refractivity contribution in [3.63, 3.8) is 0 Å². The summed E-state index contributed by atoms with van der Waals surface area (Å²) in [6.07, 6.45) is 0. The Morgan fingerprint density at radius 2 is 1.74 bits per heavy atom. The van der Waals surface area contributed by atoms with Crippen molar-refractivity contribution in [3.8, 4) is 0 Å². The van der Waals surface area contributed by atoms with Crippen molar-refractivity contribution in [1.82, 2.24) is 0 Å². The molecule has 0 aromatic heterocycles. The van der Waals surface area contributed by atoms with Crippen molar-refractivity contribution in [2.24, 2.45) is 0 Å². The normalized spacial score (nSPS) is 10.5. The first-order chi connectivity index (χ1) is 8.99. The molecule has 0 aliphatic heterocycles. The summed E-state index contributed by atoms with van der Waals surface area (Å²) in [7, 11) is 0. The predicted octanol–water partition coefficient (Wildman–Crippen LogP) is 4.46. The van der Waals surface area contributed by atoms with Crippen LogP contribution in [0.5, 0.6) is 0 Å². The van der Waals surface area contributed by atoms with E-state index in [9.17, 15) is 18.0 Å². The minimum atomic E-state index is -1.01. The van der Waals surface area contributed by atoms with Gasteiger partial charge in [-0.2, -0.15) is 0 Å². The fourth-order valence-electron chi connectivity index (χ4n) is 1.55. The van der Waals surface area contributed by atoms with Gasteiger partial charge in [-0.3, -0.25) is 4.79 Å². The van der Waals surface area contributed by atoms with E-state index < -0.39 is 17.5 Å². The van der Waals surface area contributed by atoms with E-state index in [-0.39, 0.29) is 16.2 Å². The molecule has 0 saturated heterocycles. The number of halogens is 3. The van der Waals surface area contributed by atoms with Gasteiger partial charge in [-0.05, 0) is 31.2 Å². The summed E-state index contributed by atoms with van der Waals surface area (Å²) in [6.45, 7) is 1.32. The molecule has 0 radical (unpaired) electrons. The second-order valence-electron chi connectivity index (χ2n) is 3.85. The number of hydrogen-bond donors (Lipinski definition) is 0. The molecule has 0 unspecified atom stereocenters. The second kappa shape index (κ2) is 5.48. The van der Waals surface area contributed by atoms with Crippen LogP contribution in [-0.4, -0.2) is 5.78 Å². The molecule has 0 atom stereocenters. The van der Waals surface area contributed by atoms with E-state index in [1.165, 1.54) is 31.2 Å². The molecule has 98 valence electrons. The number of Topliss-reactive ketones (excluding diaryl/α,β-unsaturated/α-hetero) is 1. The van der Waals surface area contributed by atoms with Crippen LogP contribution in [0.4, 0.5) is 13.2 Å². The summed E-state index contributed by atoms with van der Waals surface area (Å²) in [4.78, 5) is 11.9. The van der Waals surface area contributed by atoms with Crippen LogP contribution < -0.4 is 0 Å². The highest BCUT2D eigenvalue weighted by molar-refractivity contribution is 7.99. The zero-order chi connectivity index (χ0) is 14.0. The van der Waals surface area contributed by atoms with Crippen LogP contribution >= 0.6 is 11.8 Å². The zero-order valence-electron chi connectivity index (χ0n) is 9.91. The van der Waals surface area contributed by atoms with Gasteiger partial charge >= 0.3 is 0 Å². The highest BCUT2D eigenvalue weighted by atomic mass is 32.2. The summed E-state index contributed by atoms with van der Waals surface area (Å²) in [5.41, 5.74) is 0.217. The molecule has 0 fully saturated rings. The number of hydrogen-bond acceptors (Lipinski definition) is 2. The van der Waals surface area contributed by atoms with Gasteiger partial charge in [-0.15, -0.1) is 0 Å². The molecule has 0 N–H and O–H groups in total. The van der Waals surface area contributed by atoms with E-state index in [1.807, 2.05) is 0 Å². The molecule has 0 saturated carbocycles. The van der Waals surface area contributed by atoms with E-state index in [1.54, 1.807) is 0 Å². The van der Waals surface area contributed by atoms with E-state index in [2.05, 4.69) is 0 Å². The topological polar surface area (TPSA) is 17.1 Å². The number of ketones is 1. The van der Waals surface area contributed by atoms with E-state index in [0.717, 1.165) is 23.9 Å². The highest BCUT2D eigenvalue weighted by Gasteiger charge is 2.14. The average molecular weight is 282 g/mol. The first-order valence-electron chi connectivity index (χ1n) is 5.41. The molecule has 1 nitrogen and oxygen atoms in total. The van der Waals surface area contributed by atoms with E-state index >= 15 is 0 Å². The first kappa shape index (κ1) is 13.7. The summed E-state index contributed by atoms with van der Waals surface area (Å²) < 4.78 is 39.6. The van der Waals surface area contributed by atoms with Crippen LogP contribution in [0, 0.1) is 17.5 Å². The number of carbonyl (C=O) groups is 1. The van der Waals surface area contributed by atoms with Gasteiger partial charge in [0.15, 0.2) is 17.4 Å². The fraction of sp³-hybridized carbons (Fsp3) is 0.0714. The maximum absolute atomic E-state index is 13.7. The monoisotopic (exact) mass is 282 g/mol. The Bertz CT molecular complexity index is 641. The average Bonchev–Trinajstić information content (AvgIpc) is 2.36. The third-order valence-corrected chi connectivity index (χ3v) is 3.57. The van der Waals surface area contributed by atoms with Crippen molar-refractivity contribution < 1.29 is 18.0 Å². The predicted molar refractivity (Wildman–Crippen MR) is 66.9 cm³/mol. The summed E-state index contributed by atoms with van der Waals surface area (Å²) in [5.74, 6) is -2.83. The minimum Gasteiger partial charge on any atom is -0.294 e. The van der Waals surface area contributed by atoms with Gasteiger partial charge in [-0.25, -0.2) is 13.2 Å². The first-order valence-corrected chi connectivity index (χ1v) is 6.23. The summed E-state index contributed by atoms with van der Waals surface area (Å²) in [5, 5.41) is 0. The number of carbonyl (C=O) groups excluding carboxylic acids is 1. The Hall–Kier alpha value is -1.75. The zero-order valence-corrected chi connectivity index (χ0v) is 10.7. The van der Waals surface area contributed by atoms with Gasteiger partial charge in [0, 0.05) is 10.5 Å². The summed E-state index contributed by atoms with van der Waals surface area (Å²) >= 11 is 0.890. The molecule has 5 heteroatoms. The van der Waals surface area contributed by atoms with Gasteiger partial charge in [0.1, 0.15) is 5.82 Å². The van der Waals surface area contributed by atoms with Crippen LogP contribution in [0.2, 0.25) is 0 Å². The van der Waals surface area contributed by atoms with Crippen molar-refractivity contribution >= 4 is 17.5 Å². The van der Waals surface area contributed by atoms with Crippen molar-refractivity contribution in [1.29, 1.82) is 0 Å². The molecule has 0 spiro atoms. The van der Waals surface area contributed by atoms with Gasteiger partial charge < -0.3 is 0 Å². The lowest BCUT2D eigenvalue weighted by molar-refractivity contribution is 0.101. The molecule has 0 bridgehead atoms. The Kier molecular flexibility index (Phi) is 3.95.